The van der Waals surface area contributed by atoms with Crippen LogP contribution in [0.25, 0.3) is 5.65 Å². The molecule has 4 rings (SSSR count). The molecule has 0 radical (unpaired) electrons. The number of aromatic carboxylic acids is 1. The Morgan fingerprint density at radius 1 is 1.17 bits per heavy atom. The Balaban J connectivity index is 0.00000256. The number of nitrogens with zero attached hydrogens (tertiary/aromatic N) is 4. The molecule has 3 aromatic rings. The van der Waals surface area contributed by atoms with Crippen LogP contribution in [0.4, 0.5) is 17.2 Å². The zero-order valence-corrected chi connectivity index (χ0v) is 16.6. The number of rotatable bonds is 4. The van der Waals surface area contributed by atoms with Crippen LogP contribution in [-0.4, -0.2) is 58.6 Å². The van der Waals surface area contributed by atoms with E-state index in [4.69, 9.17) is 11.6 Å². The highest BCUT2D eigenvalue weighted by molar-refractivity contribution is 6.30. The summed E-state index contributed by atoms with van der Waals surface area (Å²) < 4.78 is 1.26. The van der Waals surface area contributed by atoms with Gasteiger partial charge in [0.2, 0.25) is 0 Å². The molecule has 0 aliphatic carbocycles. The number of piperazine rings is 1. The fourth-order valence-corrected chi connectivity index (χ4v) is 3.57. The number of pyridine rings is 1. The summed E-state index contributed by atoms with van der Waals surface area (Å²) in [6.07, 6.45) is 1.58. The van der Waals surface area contributed by atoms with E-state index in [1.807, 2.05) is 12.1 Å². The maximum Gasteiger partial charge on any atom is 0.345 e. The normalized spacial score (nSPS) is 14.4. The molecule has 0 saturated carbocycles. The monoisotopic (exact) mass is 429 g/mol. The third-order valence-corrected chi connectivity index (χ3v) is 5.22. The summed E-state index contributed by atoms with van der Waals surface area (Å²) in [7, 11) is 2.08. The number of carboxylic acids is 1. The van der Waals surface area contributed by atoms with Crippen LogP contribution in [-0.2, 0) is 0 Å². The lowest BCUT2D eigenvalue weighted by atomic mass is 10.2. The minimum atomic E-state index is -1.34. The highest BCUT2D eigenvalue weighted by atomic mass is 35.5. The Labute approximate surface area is 179 Å². The first-order chi connectivity index (χ1) is 13.9. The van der Waals surface area contributed by atoms with Gasteiger partial charge in [0, 0.05) is 54.8 Å². The SMILES string of the molecule is C.CN1CCN(c2ccn3c(=O)c(C(=O)O)c(Nc4cccc(Cl)c4)nc3c2)CC1. The molecule has 0 amide bonds. The van der Waals surface area contributed by atoms with Gasteiger partial charge in [0.1, 0.15) is 5.65 Å². The number of nitrogens with one attached hydrogen (secondary N) is 1. The van der Waals surface area contributed by atoms with Gasteiger partial charge in [-0.25, -0.2) is 9.78 Å². The van der Waals surface area contributed by atoms with E-state index in [9.17, 15) is 14.7 Å². The smallest absolute Gasteiger partial charge is 0.345 e. The van der Waals surface area contributed by atoms with Crippen LogP contribution in [0.5, 0.6) is 0 Å². The number of likely N-dealkylation sites (N-methyl/N-ethyl adjacent to an activating group) is 1. The third-order valence-electron chi connectivity index (χ3n) is 4.98. The number of anilines is 3. The van der Waals surface area contributed by atoms with Crippen LogP contribution in [0, 0.1) is 0 Å². The van der Waals surface area contributed by atoms with Gasteiger partial charge >= 0.3 is 5.97 Å². The van der Waals surface area contributed by atoms with Crippen molar-refractivity contribution in [3.05, 3.63) is 63.5 Å². The van der Waals surface area contributed by atoms with E-state index in [1.54, 1.807) is 30.5 Å². The number of halogens is 1. The van der Waals surface area contributed by atoms with E-state index < -0.39 is 17.1 Å². The molecule has 3 heterocycles. The van der Waals surface area contributed by atoms with E-state index in [1.165, 1.54) is 4.40 Å². The number of carbonyl (C=O) groups is 1. The average Bonchev–Trinajstić information content (AvgIpc) is 2.68. The van der Waals surface area contributed by atoms with Crippen molar-refractivity contribution in [2.75, 3.05) is 43.4 Å². The average molecular weight is 430 g/mol. The molecule has 1 aromatic carbocycles. The summed E-state index contributed by atoms with van der Waals surface area (Å²) >= 11 is 6.01. The van der Waals surface area contributed by atoms with Gasteiger partial charge in [0.25, 0.3) is 5.56 Å². The second-order valence-corrected chi connectivity index (χ2v) is 7.42. The van der Waals surface area contributed by atoms with Crippen molar-refractivity contribution in [2.45, 2.75) is 7.43 Å². The highest BCUT2D eigenvalue weighted by Crippen LogP contribution is 2.23. The molecule has 1 aliphatic rings. The first kappa shape index (κ1) is 21.6. The van der Waals surface area contributed by atoms with Crippen LogP contribution < -0.4 is 15.8 Å². The van der Waals surface area contributed by atoms with Crippen molar-refractivity contribution < 1.29 is 9.90 Å². The molecule has 1 fully saturated rings. The second kappa shape index (κ2) is 8.73. The lowest BCUT2D eigenvalue weighted by molar-refractivity contribution is 0.0695. The Morgan fingerprint density at radius 2 is 1.90 bits per heavy atom. The quantitative estimate of drug-likeness (QED) is 0.658. The summed E-state index contributed by atoms with van der Waals surface area (Å²) in [5, 5.41) is 13.0. The molecule has 158 valence electrons. The lowest BCUT2D eigenvalue weighted by Crippen LogP contribution is -2.44. The predicted octanol–water partition coefficient (Wildman–Crippen LogP) is 3.18. The lowest BCUT2D eigenvalue weighted by Gasteiger charge is -2.34. The summed E-state index contributed by atoms with van der Waals surface area (Å²) in [5.41, 5.74) is 0.806. The van der Waals surface area contributed by atoms with E-state index >= 15 is 0 Å². The number of benzene rings is 1. The fraction of sp³-hybridized carbons (Fsp3) is 0.286. The molecule has 0 spiro atoms. The van der Waals surface area contributed by atoms with Crippen LogP contribution in [0.15, 0.2) is 47.4 Å². The Hall–Kier alpha value is -3.10. The van der Waals surface area contributed by atoms with Gasteiger partial charge in [-0.2, -0.15) is 0 Å². The molecule has 8 nitrogen and oxygen atoms in total. The van der Waals surface area contributed by atoms with E-state index in [2.05, 4.69) is 27.1 Å². The van der Waals surface area contributed by atoms with E-state index in [0.29, 0.717) is 16.4 Å². The minimum absolute atomic E-state index is 0. The summed E-state index contributed by atoms with van der Waals surface area (Å²) in [6.45, 7) is 3.64. The second-order valence-electron chi connectivity index (χ2n) is 6.98. The molecule has 9 heteroatoms. The summed E-state index contributed by atoms with van der Waals surface area (Å²) in [4.78, 5) is 33.5. The van der Waals surface area contributed by atoms with Crippen LogP contribution in [0.3, 0.4) is 0 Å². The van der Waals surface area contributed by atoms with Crippen molar-refractivity contribution in [1.29, 1.82) is 0 Å². The Morgan fingerprint density at radius 3 is 2.57 bits per heavy atom. The van der Waals surface area contributed by atoms with Crippen LogP contribution >= 0.6 is 11.6 Å². The maximum atomic E-state index is 12.8. The van der Waals surface area contributed by atoms with E-state index in [0.717, 1.165) is 31.9 Å². The van der Waals surface area contributed by atoms with Gasteiger partial charge in [-0.3, -0.25) is 9.20 Å². The molecular formula is C21H24ClN5O3. The Bertz CT molecular complexity index is 1140. The molecule has 0 atom stereocenters. The van der Waals surface area contributed by atoms with Crippen LogP contribution in [0.1, 0.15) is 17.8 Å². The molecular weight excluding hydrogens is 406 g/mol. The zero-order valence-electron chi connectivity index (χ0n) is 15.8. The van der Waals surface area contributed by atoms with Gasteiger partial charge < -0.3 is 20.2 Å². The van der Waals surface area contributed by atoms with Gasteiger partial charge in [0.15, 0.2) is 11.4 Å². The number of carboxylic acid groups (broad SMARTS) is 1. The van der Waals surface area contributed by atoms with Gasteiger partial charge in [0.05, 0.1) is 0 Å². The largest absolute Gasteiger partial charge is 0.477 e. The van der Waals surface area contributed by atoms with Crippen LogP contribution in [0.2, 0.25) is 5.02 Å². The fourth-order valence-electron chi connectivity index (χ4n) is 3.37. The first-order valence-corrected chi connectivity index (χ1v) is 9.56. The highest BCUT2D eigenvalue weighted by Gasteiger charge is 2.21. The standard InChI is InChI=1S/C20H20ClN5O3.CH4/c1-24-7-9-25(10-8-24)15-5-6-26-16(12-15)23-18(17(19(26)27)20(28)29)22-14-4-2-3-13(21)11-14;/h2-6,11-12,22H,7-10H2,1H3,(H,28,29);1H4. The van der Waals surface area contributed by atoms with E-state index in [-0.39, 0.29) is 13.2 Å². The number of hydrogen-bond donors (Lipinski definition) is 2. The topological polar surface area (TPSA) is 90.2 Å². The van der Waals surface area contributed by atoms with Gasteiger partial charge in [-0.15, -0.1) is 0 Å². The molecule has 1 aliphatic heterocycles. The van der Waals surface area contributed by atoms with Crippen molar-refractivity contribution in [1.82, 2.24) is 14.3 Å². The van der Waals surface area contributed by atoms with Crippen molar-refractivity contribution in [2.24, 2.45) is 0 Å². The van der Waals surface area contributed by atoms with Crippen molar-refractivity contribution in [3.63, 3.8) is 0 Å². The molecule has 0 unspecified atom stereocenters. The maximum absolute atomic E-state index is 12.8. The summed E-state index contributed by atoms with van der Waals surface area (Å²) in [6, 6.07) is 10.4. The number of hydrogen-bond acceptors (Lipinski definition) is 6. The molecule has 30 heavy (non-hydrogen) atoms. The third kappa shape index (κ3) is 4.24. The van der Waals surface area contributed by atoms with Gasteiger partial charge in [-0.1, -0.05) is 25.1 Å². The summed E-state index contributed by atoms with van der Waals surface area (Å²) in [5.74, 6) is -1.36. The Kier molecular flexibility index (Phi) is 6.28. The number of aromatic nitrogens is 2. The molecule has 2 N–H and O–H groups in total. The molecule has 0 bridgehead atoms. The minimum Gasteiger partial charge on any atom is -0.477 e. The van der Waals surface area contributed by atoms with Gasteiger partial charge in [-0.05, 0) is 31.3 Å². The molecule has 1 saturated heterocycles. The first-order valence-electron chi connectivity index (χ1n) is 9.18. The number of fused-ring (bicyclic) bond motifs is 1. The molecule has 2 aromatic heterocycles. The van der Waals surface area contributed by atoms with Crippen molar-refractivity contribution >= 4 is 40.4 Å². The van der Waals surface area contributed by atoms with Crippen molar-refractivity contribution in [3.8, 4) is 0 Å². The zero-order chi connectivity index (χ0) is 20.5. The predicted molar refractivity (Wildman–Crippen MR) is 120 cm³/mol.